The monoisotopic (exact) mass is 447 g/mol. The van der Waals surface area contributed by atoms with Gasteiger partial charge in [-0.2, -0.15) is 0 Å². The summed E-state index contributed by atoms with van der Waals surface area (Å²) in [6.07, 6.45) is 3.34. The van der Waals surface area contributed by atoms with Crippen molar-refractivity contribution >= 4 is 29.1 Å². The first-order valence-electron chi connectivity index (χ1n) is 10.8. The minimum Gasteiger partial charge on any atom is -0.484 e. The van der Waals surface area contributed by atoms with Crippen molar-refractivity contribution in [3.63, 3.8) is 0 Å². The highest BCUT2D eigenvalue weighted by Crippen LogP contribution is 2.30. The highest BCUT2D eigenvalue weighted by Gasteiger charge is 2.29. The molecule has 1 unspecified atom stereocenters. The van der Waals surface area contributed by atoms with Crippen LogP contribution in [0.2, 0.25) is 0 Å². The van der Waals surface area contributed by atoms with E-state index in [2.05, 4.69) is 16.0 Å². The Labute approximate surface area is 191 Å². The fourth-order valence-electron chi connectivity index (χ4n) is 3.22. The summed E-state index contributed by atoms with van der Waals surface area (Å²) in [5.74, 6) is 0.209. The lowest BCUT2D eigenvalue weighted by molar-refractivity contribution is -0.123. The molecular weight excluding hydrogens is 422 g/mol. The number of benzene rings is 2. The van der Waals surface area contributed by atoms with Crippen LogP contribution in [-0.4, -0.2) is 24.3 Å². The van der Waals surface area contributed by atoms with Crippen LogP contribution in [0.25, 0.3) is 0 Å². The molecule has 1 atom stereocenters. The van der Waals surface area contributed by atoms with Crippen molar-refractivity contribution in [2.45, 2.75) is 25.8 Å². The summed E-state index contributed by atoms with van der Waals surface area (Å²) in [4.78, 5) is 36.3. The van der Waals surface area contributed by atoms with Gasteiger partial charge in [-0.3, -0.25) is 14.4 Å². The lowest BCUT2D eigenvalue weighted by Crippen LogP contribution is -2.31. The first-order chi connectivity index (χ1) is 16.0. The van der Waals surface area contributed by atoms with Gasteiger partial charge in [0.05, 0.1) is 12.3 Å². The second kappa shape index (κ2) is 10.0. The maximum atomic E-state index is 12.3. The summed E-state index contributed by atoms with van der Waals surface area (Å²) < 4.78 is 10.6. The molecule has 1 heterocycles. The van der Waals surface area contributed by atoms with Crippen LogP contribution >= 0.6 is 0 Å². The fraction of sp³-hybridized carbons (Fsp3) is 0.240. The molecular formula is C25H25N3O5. The summed E-state index contributed by atoms with van der Waals surface area (Å²) in [6, 6.07) is 17.2. The molecule has 0 bridgehead atoms. The molecule has 3 aromatic rings. The third kappa shape index (κ3) is 6.22. The highest BCUT2D eigenvalue weighted by atomic mass is 16.5. The molecule has 3 amide bonds. The summed E-state index contributed by atoms with van der Waals surface area (Å²) in [6.45, 7) is 1.70. The van der Waals surface area contributed by atoms with Gasteiger partial charge >= 0.3 is 0 Å². The number of furan rings is 1. The van der Waals surface area contributed by atoms with E-state index >= 15 is 0 Å². The zero-order chi connectivity index (χ0) is 23.2. The average molecular weight is 447 g/mol. The maximum absolute atomic E-state index is 12.3. The Kier molecular flexibility index (Phi) is 6.73. The lowest BCUT2D eigenvalue weighted by atomic mass is 10.1. The van der Waals surface area contributed by atoms with Crippen molar-refractivity contribution in [2.24, 2.45) is 5.92 Å². The Hall–Kier alpha value is -4.07. The maximum Gasteiger partial charge on any atom is 0.291 e. The molecule has 1 aromatic heterocycles. The Morgan fingerprint density at radius 2 is 1.79 bits per heavy atom. The molecule has 1 aliphatic rings. The van der Waals surface area contributed by atoms with Crippen molar-refractivity contribution < 1.29 is 23.5 Å². The lowest BCUT2D eigenvalue weighted by Gasteiger charge is -2.15. The van der Waals surface area contributed by atoms with Gasteiger partial charge in [-0.15, -0.1) is 0 Å². The van der Waals surface area contributed by atoms with Gasteiger partial charge in [0, 0.05) is 23.4 Å². The predicted molar refractivity (Wildman–Crippen MR) is 123 cm³/mol. The highest BCUT2D eigenvalue weighted by molar-refractivity contribution is 6.02. The van der Waals surface area contributed by atoms with E-state index in [1.165, 1.54) is 6.26 Å². The molecule has 0 aliphatic heterocycles. The number of hydrogen-bond donors (Lipinski definition) is 3. The zero-order valence-corrected chi connectivity index (χ0v) is 18.2. The third-order valence-corrected chi connectivity index (χ3v) is 5.21. The molecule has 8 nitrogen and oxygen atoms in total. The molecule has 170 valence electrons. The normalized spacial score (nSPS) is 13.6. The van der Waals surface area contributed by atoms with Gasteiger partial charge < -0.3 is 25.1 Å². The Morgan fingerprint density at radius 3 is 2.48 bits per heavy atom. The molecule has 2 aromatic carbocycles. The van der Waals surface area contributed by atoms with Gasteiger partial charge in [0.25, 0.3) is 11.8 Å². The second-order valence-electron chi connectivity index (χ2n) is 7.92. The van der Waals surface area contributed by atoms with E-state index in [1.807, 2.05) is 31.2 Å². The van der Waals surface area contributed by atoms with Crippen LogP contribution < -0.4 is 20.7 Å². The van der Waals surface area contributed by atoms with Crippen molar-refractivity contribution in [3.05, 3.63) is 78.3 Å². The molecule has 0 spiro atoms. The van der Waals surface area contributed by atoms with Gasteiger partial charge in [-0.05, 0) is 61.7 Å². The van der Waals surface area contributed by atoms with E-state index in [9.17, 15) is 14.4 Å². The van der Waals surface area contributed by atoms with Gasteiger partial charge in [0.15, 0.2) is 12.4 Å². The van der Waals surface area contributed by atoms with Crippen LogP contribution in [0.15, 0.2) is 71.3 Å². The topological polar surface area (TPSA) is 110 Å². The van der Waals surface area contributed by atoms with Crippen molar-refractivity contribution in [2.75, 3.05) is 17.2 Å². The molecule has 33 heavy (non-hydrogen) atoms. The van der Waals surface area contributed by atoms with Crippen molar-refractivity contribution in [3.8, 4) is 5.75 Å². The van der Waals surface area contributed by atoms with Gasteiger partial charge in [0.2, 0.25) is 5.91 Å². The molecule has 8 heteroatoms. The van der Waals surface area contributed by atoms with E-state index in [4.69, 9.17) is 9.15 Å². The summed E-state index contributed by atoms with van der Waals surface area (Å²) in [5.41, 5.74) is 2.18. The number of carbonyl (C=O) groups is 3. The molecule has 1 fully saturated rings. The van der Waals surface area contributed by atoms with Crippen molar-refractivity contribution in [1.29, 1.82) is 0 Å². The van der Waals surface area contributed by atoms with Crippen LogP contribution in [0.3, 0.4) is 0 Å². The molecule has 1 aliphatic carbocycles. The Balaban J connectivity index is 1.25. The smallest absolute Gasteiger partial charge is 0.291 e. The first-order valence-corrected chi connectivity index (χ1v) is 10.8. The summed E-state index contributed by atoms with van der Waals surface area (Å²) in [7, 11) is 0. The quantitative estimate of drug-likeness (QED) is 0.457. The number of ether oxygens (including phenoxy) is 1. The van der Waals surface area contributed by atoms with Crippen LogP contribution in [0, 0.1) is 5.92 Å². The van der Waals surface area contributed by atoms with E-state index in [-0.39, 0.29) is 42.0 Å². The second-order valence-corrected chi connectivity index (χ2v) is 7.92. The number of hydrogen-bond acceptors (Lipinski definition) is 5. The van der Waals surface area contributed by atoms with E-state index in [1.54, 1.807) is 36.4 Å². The zero-order valence-electron chi connectivity index (χ0n) is 18.2. The number of nitrogens with one attached hydrogen (secondary N) is 3. The SMILES string of the molecule is CC(NC(=O)COc1cccc(NC(=O)c2ccco2)c1)c1ccc(NC(=O)C2CC2)cc1. The van der Waals surface area contributed by atoms with E-state index in [0.717, 1.165) is 24.1 Å². The van der Waals surface area contributed by atoms with Gasteiger partial charge in [-0.1, -0.05) is 18.2 Å². The van der Waals surface area contributed by atoms with Crippen molar-refractivity contribution in [1.82, 2.24) is 5.32 Å². The number of anilines is 2. The molecule has 3 N–H and O–H groups in total. The van der Waals surface area contributed by atoms with E-state index in [0.29, 0.717) is 11.4 Å². The number of carbonyl (C=O) groups excluding carboxylic acids is 3. The van der Waals surface area contributed by atoms with Crippen LogP contribution in [-0.2, 0) is 9.59 Å². The number of amides is 3. The average Bonchev–Trinajstić information content (AvgIpc) is 3.52. The van der Waals surface area contributed by atoms with E-state index < -0.39 is 0 Å². The molecule has 0 radical (unpaired) electrons. The third-order valence-electron chi connectivity index (χ3n) is 5.21. The van der Waals surface area contributed by atoms with Crippen LogP contribution in [0.4, 0.5) is 11.4 Å². The summed E-state index contributed by atoms with van der Waals surface area (Å²) in [5, 5.41) is 8.49. The molecule has 0 saturated heterocycles. The fourth-order valence-corrected chi connectivity index (χ4v) is 3.22. The first kappa shape index (κ1) is 22.1. The summed E-state index contributed by atoms with van der Waals surface area (Å²) >= 11 is 0. The van der Waals surface area contributed by atoms with Gasteiger partial charge in [-0.25, -0.2) is 0 Å². The Bertz CT molecular complexity index is 1120. The minimum absolute atomic E-state index is 0.0610. The van der Waals surface area contributed by atoms with Crippen LogP contribution in [0.1, 0.15) is 41.9 Å². The van der Waals surface area contributed by atoms with Gasteiger partial charge in [0.1, 0.15) is 5.75 Å². The minimum atomic E-state index is -0.373. The largest absolute Gasteiger partial charge is 0.484 e. The Morgan fingerprint density at radius 1 is 1.00 bits per heavy atom. The standard InChI is InChI=1S/C25H25N3O5/c1-16(17-9-11-19(12-10-17)27-24(30)18-7-8-18)26-23(29)15-33-21-5-2-4-20(14-21)28-25(31)22-6-3-13-32-22/h2-6,9-14,16,18H,7-8,15H2,1H3,(H,26,29)(H,27,30)(H,28,31). The van der Waals surface area contributed by atoms with Crippen LogP contribution in [0.5, 0.6) is 5.75 Å². The predicted octanol–water partition coefficient (Wildman–Crippen LogP) is 4.14. The molecule has 4 rings (SSSR count). The molecule has 1 saturated carbocycles. The number of rotatable bonds is 9.